The van der Waals surface area contributed by atoms with E-state index in [4.69, 9.17) is 4.98 Å². The Kier molecular flexibility index (Phi) is 4.70. The van der Waals surface area contributed by atoms with Gasteiger partial charge in [0, 0.05) is 19.0 Å². The van der Waals surface area contributed by atoms with E-state index in [1.807, 2.05) is 10.7 Å². The van der Waals surface area contributed by atoms with Gasteiger partial charge in [-0.2, -0.15) is 0 Å². The lowest BCUT2D eigenvalue weighted by atomic mass is 10.1. The molecule has 5 rings (SSSR count). The molecule has 0 atom stereocenters. The molecule has 1 N–H and O–H groups in total. The lowest BCUT2D eigenvalue weighted by molar-refractivity contribution is 0.594. The fraction of sp³-hybridized carbons (Fsp3) is 0.474. The number of anilines is 2. The summed E-state index contributed by atoms with van der Waals surface area (Å²) in [6.07, 6.45) is 7.49. The Morgan fingerprint density at radius 1 is 1.24 bits per heavy atom. The highest BCUT2D eigenvalue weighted by atomic mass is 32.2. The smallest absolute Gasteiger partial charge is 0.235 e. The van der Waals surface area contributed by atoms with Gasteiger partial charge in [-0.15, -0.1) is 5.10 Å². The maximum atomic E-state index is 14.5. The molecule has 0 amide bonds. The molecule has 3 heterocycles. The van der Waals surface area contributed by atoms with E-state index < -0.39 is 15.8 Å². The zero-order valence-corrected chi connectivity index (χ0v) is 17.5. The third-order valence-electron chi connectivity index (χ3n) is 5.66. The van der Waals surface area contributed by atoms with Gasteiger partial charge in [0.15, 0.2) is 0 Å². The topological polar surface area (TPSA) is 79.6 Å². The molecule has 2 fully saturated rings. The maximum Gasteiger partial charge on any atom is 0.235 e. The Morgan fingerprint density at radius 2 is 2.07 bits per heavy atom. The first-order valence-corrected chi connectivity index (χ1v) is 12.3. The number of nitrogens with zero attached hydrogens (tertiary/aromatic N) is 4. The van der Waals surface area contributed by atoms with Gasteiger partial charge in [0.1, 0.15) is 5.82 Å². The van der Waals surface area contributed by atoms with E-state index in [0.717, 1.165) is 25.7 Å². The average Bonchev–Trinajstić information content (AvgIpc) is 3.43. The number of halogens is 1. The van der Waals surface area contributed by atoms with Crippen LogP contribution >= 0.6 is 11.3 Å². The molecule has 7 nitrogen and oxygen atoms in total. The van der Waals surface area contributed by atoms with Crippen LogP contribution in [0.15, 0.2) is 24.4 Å². The second kappa shape index (κ2) is 7.24. The predicted octanol–water partition coefficient (Wildman–Crippen LogP) is 3.74. The molecule has 0 radical (unpaired) electrons. The molecular weight excluding hydrogens is 413 g/mol. The fourth-order valence-electron chi connectivity index (χ4n) is 4.16. The summed E-state index contributed by atoms with van der Waals surface area (Å²) in [6.45, 7) is 0.731. The maximum absolute atomic E-state index is 14.5. The molecule has 29 heavy (non-hydrogen) atoms. The van der Waals surface area contributed by atoms with Crippen LogP contribution in [0.4, 0.5) is 15.2 Å². The van der Waals surface area contributed by atoms with Gasteiger partial charge in [0.25, 0.3) is 0 Å². The first kappa shape index (κ1) is 18.8. The van der Waals surface area contributed by atoms with Crippen LogP contribution in [0, 0.1) is 5.82 Å². The van der Waals surface area contributed by atoms with Crippen LogP contribution in [0.1, 0.15) is 49.3 Å². The molecule has 1 saturated carbocycles. The Balaban J connectivity index is 1.27. The highest BCUT2D eigenvalue weighted by Gasteiger charge is 2.30. The second-order valence-electron chi connectivity index (χ2n) is 7.66. The monoisotopic (exact) mass is 435 g/mol. The Hall–Kier alpha value is -2.20. The van der Waals surface area contributed by atoms with E-state index in [-0.39, 0.29) is 11.4 Å². The largest absolute Gasteiger partial charge is 0.356 e. The summed E-state index contributed by atoms with van der Waals surface area (Å²) < 4.78 is 41.5. The minimum Gasteiger partial charge on any atom is -0.356 e. The number of hydrogen-bond donors (Lipinski definition) is 1. The third kappa shape index (κ3) is 3.59. The van der Waals surface area contributed by atoms with Crippen molar-refractivity contribution in [3.05, 3.63) is 41.5 Å². The van der Waals surface area contributed by atoms with Crippen molar-refractivity contribution in [2.45, 2.75) is 44.6 Å². The molecule has 1 aliphatic carbocycles. The van der Waals surface area contributed by atoms with Crippen molar-refractivity contribution in [2.75, 3.05) is 21.9 Å². The van der Waals surface area contributed by atoms with E-state index >= 15 is 0 Å². The normalized spacial score (nSPS) is 19.4. The fourth-order valence-corrected chi connectivity index (χ4v) is 6.51. The van der Waals surface area contributed by atoms with Gasteiger partial charge in [-0.3, -0.25) is 4.31 Å². The Labute approximate surface area is 172 Å². The standard InChI is InChI=1S/C19H22FN5O2S2/c20-15-10-13(6-7-17(15)25-8-3-9-29(25,26)27)11-21-18-23-24-12-16(22-19(24)28-18)14-4-1-2-5-14/h6-7,10,12,14H,1-5,8-9,11H2,(H,21,23). The van der Waals surface area contributed by atoms with E-state index in [1.165, 1.54) is 49.2 Å². The molecule has 1 aromatic carbocycles. The van der Waals surface area contributed by atoms with Gasteiger partial charge in [-0.1, -0.05) is 30.2 Å². The number of aromatic nitrogens is 3. The lowest BCUT2D eigenvalue weighted by Gasteiger charge is -2.18. The van der Waals surface area contributed by atoms with Crippen molar-refractivity contribution in [3.63, 3.8) is 0 Å². The van der Waals surface area contributed by atoms with Gasteiger partial charge in [-0.25, -0.2) is 22.3 Å². The van der Waals surface area contributed by atoms with E-state index in [0.29, 0.717) is 25.4 Å². The van der Waals surface area contributed by atoms with Gasteiger partial charge >= 0.3 is 0 Å². The lowest BCUT2D eigenvalue weighted by Crippen LogP contribution is -2.26. The summed E-state index contributed by atoms with van der Waals surface area (Å²) in [5.74, 6) is 0.107. The molecule has 10 heteroatoms. The first-order chi connectivity index (χ1) is 14.0. The Bertz CT molecular complexity index is 1120. The highest BCUT2D eigenvalue weighted by molar-refractivity contribution is 7.93. The predicted molar refractivity (Wildman–Crippen MR) is 112 cm³/mol. The van der Waals surface area contributed by atoms with Crippen molar-refractivity contribution in [1.29, 1.82) is 0 Å². The van der Waals surface area contributed by atoms with Crippen molar-refractivity contribution < 1.29 is 12.8 Å². The second-order valence-corrected chi connectivity index (χ2v) is 10.6. The number of fused-ring (bicyclic) bond motifs is 1. The zero-order valence-electron chi connectivity index (χ0n) is 15.8. The van der Waals surface area contributed by atoms with Crippen LogP contribution in [-0.4, -0.2) is 35.3 Å². The van der Waals surface area contributed by atoms with Crippen LogP contribution in [0.5, 0.6) is 0 Å². The minimum atomic E-state index is -3.39. The van der Waals surface area contributed by atoms with Gasteiger partial charge in [0.05, 0.1) is 23.3 Å². The minimum absolute atomic E-state index is 0.0735. The van der Waals surface area contributed by atoms with Gasteiger partial charge < -0.3 is 5.32 Å². The summed E-state index contributed by atoms with van der Waals surface area (Å²) in [5, 5.41) is 8.45. The molecule has 1 saturated heterocycles. The molecule has 0 bridgehead atoms. The highest BCUT2D eigenvalue weighted by Crippen LogP contribution is 2.34. The third-order valence-corrected chi connectivity index (χ3v) is 8.39. The molecule has 154 valence electrons. The van der Waals surface area contributed by atoms with Crippen molar-refractivity contribution in [3.8, 4) is 0 Å². The summed E-state index contributed by atoms with van der Waals surface area (Å²) >= 11 is 1.47. The molecule has 1 aliphatic heterocycles. The zero-order chi connectivity index (χ0) is 20.0. The van der Waals surface area contributed by atoms with Crippen LogP contribution < -0.4 is 9.62 Å². The number of benzene rings is 1. The van der Waals surface area contributed by atoms with Crippen molar-refractivity contribution >= 4 is 37.1 Å². The number of sulfonamides is 1. The molecule has 3 aromatic rings. The van der Waals surface area contributed by atoms with E-state index in [1.54, 1.807) is 6.07 Å². The number of rotatable bonds is 5. The van der Waals surface area contributed by atoms with Crippen LogP contribution in [0.2, 0.25) is 0 Å². The molecule has 0 spiro atoms. The summed E-state index contributed by atoms with van der Waals surface area (Å²) in [4.78, 5) is 5.57. The molecule has 0 unspecified atom stereocenters. The number of imidazole rings is 1. The van der Waals surface area contributed by atoms with Crippen LogP contribution in [0.25, 0.3) is 4.96 Å². The molecule has 2 aliphatic rings. The van der Waals surface area contributed by atoms with Crippen LogP contribution in [-0.2, 0) is 16.6 Å². The summed E-state index contributed by atoms with van der Waals surface area (Å²) in [6, 6.07) is 4.67. The van der Waals surface area contributed by atoms with E-state index in [2.05, 4.69) is 10.4 Å². The molecular formula is C19H22FN5O2S2. The van der Waals surface area contributed by atoms with E-state index in [9.17, 15) is 12.8 Å². The van der Waals surface area contributed by atoms with Gasteiger partial charge in [0.2, 0.25) is 20.1 Å². The average molecular weight is 436 g/mol. The van der Waals surface area contributed by atoms with Crippen molar-refractivity contribution in [1.82, 2.24) is 14.6 Å². The molecule has 2 aromatic heterocycles. The van der Waals surface area contributed by atoms with Gasteiger partial charge in [-0.05, 0) is 37.0 Å². The SMILES string of the molecule is O=S1(=O)CCCN1c1ccc(CNc2nn3cc(C4CCCC4)nc3s2)cc1F. The number of hydrogen-bond acceptors (Lipinski definition) is 6. The van der Waals surface area contributed by atoms with Crippen LogP contribution in [0.3, 0.4) is 0 Å². The number of nitrogens with one attached hydrogen (secondary N) is 1. The summed E-state index contributed by atoms with van der Waals surface area (Å²) in [7, 11) is -3.39. The first-order valence-electron chi connectivity index (χ1n) is 9.88. The van der Waals surface area contributed by atoms with Crippen molar-refractivity contribution in [2.24, 2.45) is 0 Å². The quantitative estimate of drug-likeness (QED) is 0.660. The summed E-state index contributed by atoms with van der Waals surface area (Å²) in [5.41, 5.74) is 1.98. The Morgan fingerprint density at radius 3 is 2.76 bits per heavy atom.